The highest BCUT2D eigenvalue weighted by Crippen LogP contribution is 2.18. The molecule has 0 spiro atoms. The van der Waals surface area contributed by atoms with Crippen LogP contribution >= 0.6 is 0 Å². The maximum Gasteiger partial charge on any atom is 0.230 e. The molecule has 3 rings (SSSR count). The summed E-state index contributed by atoms with van der Waals surface area (Å²) in [4.78, 5) is 15.6. The lowest BCUT2D eigenvalue weighted by Gasteiger charge is -2.33. The van der Waals surface area contributed by atoms with Crippen LogP contribution in [0.4, 0.5) is 15.8 Å². The predicted molar refractivity (Wildman–Crippen MR) is 98.6 cm³/mol. The van der Waals surface area contributed by atoms with E-state index >= 15 is 0 Å². The quantitative estimate of drug-likeness (QED) is 0.692. The van der Waals surface area contributed by atoms with Gasteiger partial charge < -0.3 is 27.5 Å². The second-order valence-corrected chi connectivity index (χ2v) is 6.61. The van der Waals surface area contributed by atoms with Crippen molar-refractivity contribution in [2.24, 2.45) is 0 Å². The molecule has 1 aliphatic heterocycles. The number of halogens is 2. The number of amides is 1. The molecule has 0 aliphatic carbocycles. The van der Waals surface area contributed by atoms with Crippen LogP contribution in [0.1, 0.15) is 12.0 Å². The Bertz CT molecular complexity index is 733. The first-order valence-electron chi connectivity index (χ1n) is 8.81. The number of hydrogen-bond donors (Lipinski definition) is 2. The smallest absolute Gasteiger partial charge is 0.230 e. The van der Waals surface area contributed by atoms with Gasteiger partial charge in [-0.2, -0.15) is 0 Å². The van der Waals surface area contributed by atoms with Crippen LogP contribution < -0.4 is 27.5 Å². The van der Waals surface area contributed by atoms with Gasteiger partial charge in [-0.3, -0.25) is 4.79 Å². The lowest BCUT2D eigenvalue weighted by Crippen LogP contribution is -3.15. The number of para-hydroxylation sites is 1. The van der Waals surface area contributed by atoms with Gasteiger partial charge in [-0.05, 0) is 36.8 Å². The van der Waals surface area contributed by atoms with Gasteiger partial charge in [0.1, 0.15) is 5.82 Å². The fraction of sp³-hybridized carbons (Fsp3) is 0.350. The zero-order valence-electron chi connectivity index (χ0n) is 15.0. The Kier molecular flexibility index (Phi) is 7.42. The van der Waals surface area contributed by atoms with Crippen LogP contribution in [0.3, 0.4) is 0 Å². The average Bonchev–Trinajstić information content (AvgIpc) is 2.61. The average molecular weight is 378 g/mol. The molecule has 2 aromatic carbocycles. The summed E-state index contributed by atoms with van der Waals surface area (Å²) < 4.78 is 13.9. The highest BCUT2D eigenvalue weighted by molar-refractivity contribution is 5.90. The van der Waals surface area contributed by atoms with Gasteiger partial charge in [0.25, 0.3) is 0 Å². The van der Waals surface area contributed by atoms with Crippen molar-refractivity contribution in [3.63, 3.8) is 0 Å². The van der Waals surface area contributed by atoms with Crippen molar-refractivity contribution in [1.82, 2.24) is 0 Å². The molecule has 0 radical (unpaired) electrons. The number of nitrogens with zero attached hydrogens (tertiary/aromatic N) is 1. The number of anilines is 2. The summed E-state index contributed by atoms with van der Waals surface area (Å²) in [6.07, 6.45) is 0.503. The number of carbonyl (C=O) groups excluding carboxylic acids is 1. The second-order valence-electron chi connectivity index (χ2n) is 6.61. The van der Waals surface area contributed by atoms with Crippen LogP contribution in [-0.4, -0.2) is 38.6 Å². The first kappa shape index (κ1) is 20.2. The normalized spacial score (nSPS) is 14.6. The van der Waals surface area contributed by atoms with Crippen LogP contribution in [0.5, 0.6) is 0 Å². The van der Waals surface area contributed by atoms with Crippen LogP contribution in [0.25, 0.3) is 0 Å². The van der Waals surface area contributed by atoms with Gasteiger partial charge in [-0.1, -0.05) is 24.3 Å². The minimum Gasteiger partial charge on any atom is -1.00 e. The minimum atomic E-state index is -0.163. The Balaban J connectivity index is 0.00000243. The summed E-state index contributed by atoms with van der Waals surface area (Å²) in [5, 5.41) is 2.95. The van der Waals surface area contributed by atoms with Gasteiger partial charge in [-0.25, -0.2) is 4.39 Å². The largest absolute Gasteiger partial charge is 1.00 e. The van der Waals surface area contributed by atoms with Gasteiger partial charge in [0.05, 0.1) is 44.8 Å². The van der Waals surface area contributed by atoms with Crippen molar-refractivity contribution >= 4 is 17.3 Å². The van der Waals surface area contributed by atoms with Crippen molar-refractivity contribution in [2.75, 3.05) is 42.9 Å². The molecular weight excluding hydrogens is 353 g/mol. The zero-order valence-corrected chi connectivity index (χ0v) is 15.7. The molecule has 140 valence electrons. The molecule has 1 fully saturated rings. The van der Waals surface area contributed by atoms with E-state index in [-0.39, 0.29) is 24.1 Å². The molecule has 1 saturated heterocycles. The lowest BCUT2D eigenvalue weighted by atomic mass is 10.2. The molecule has 1 amide bonds. The van der Waals surface area contributed by atoms with Crippen LogP contribution in [0.2, 0.25) is 0 Å². The molecule has 26 heavy (non-hydrogen) atoms. The van der Waals surface area contributed by atoms with E-state index in [0.717, 1.165) is 44.0 Å². The molecule has 1 aliphatic rings. The Morgan fingerprint density at radius 1 is 1.15 bits per heavy atom. The van der Waals surface area contributed by atoms with E-state index in [2.05, 4.69) is 10.2 Å². The summed E-state index contributed by atoms with van der Waals surface area (Å²) in [5.41, 5.74) is 2.66. The van der Waals surface area contributed by atoms with Gasteiger partial charge in [0.15, 0.2) is 0 Å². The number of benzene rings is 2. The van der Waals surface area contributed by atoms with Crippen LogP contribution in [-0.2, 0) is 4.79 Å². The van der Waals surface area contributed by atoms with Crippen LogP contribution in [0.15, 0.2) is 48.5 Å². The number of aryl methyl sites for hydroxylation is 1. The number of piperazine rings is 1. The number of carbonyl (C=O) groups is 1. The molecule has 6 heteroatoms. The van der Waals surface area contributed by atoms with Crippen molar-refractivity contribution in [2.45, 2.75) is 13.3 Å². The van der Waals surface area contributed by atoms with E-state index in [1.807, 2.05) is 43.3 Å². The Morgan fingerprint density at radius 3 is 2.58 bits per heavy atom. The first-order chi connectivity index (χ1) is 12.1. The summed E-state index contributed by atoms with van der Waals surface area (Å²) in [6.45, 7) is 6.29. The van der Waals surface area contributed by atoms with E-state index in [4.69, 9.17) is 0 Å². The van der Waals surface area contributed by atoms with Gasteiger partial charge in [-0.15, -0.1) is 0 Å². The standard InChI is InChI=1S/C20H24FN3O.ClH/c1-16-5-4-6-17(15-16)22-20(25)9-10-23-11-13-24(14-12-23)19-8-3-2-7-18(19)21;/h2-8,15H,9-14H2,1H3,(H,22,25);1H. The molecule has 0 saturated carbocycles. The maximum atomic E-state index is 13.9. The van der Waals surface area contributed by atoms with Gasteiger partial charge in [0, 0.05) is 5.69 Å². The third kappa shape index (κ3) is 5.44. The Labute approximate surface area is 160 Å². The highest BCUT2D eigenvalue weighted by atomic mass is 35.5. The number of rotatable bonds is 5. The van der Waals surface area contributed by atoms with Crippen molar-refractivity contribution in [1.29, 1.82) is 0 Å². The topological polar surface area (TPSA) is 36.8 Å². The molecule has 4 nitrogen and oxygen atoms in total. The van der Waals surface area contributed by atoms with E-state index in [9.17, 15) is 9.18 Å². The molecule has 0 atom stereocenters. The second kappa shape index (κ2) is 9.55. The molecule has 2 N–H and O–H groups in total. The third-order valence-electron chi connectivity index (χ3n) is 4.67. The first-order valence-corrected chi connectivity index (χ1v) is 8.81. The summed E-state index contributed by atoms with van der Waals surface area (Å²) in [5.74, 6) is -0.113. The highest BCUT2D eigenvalue weighted by Gasteiger charge is 2.22. The van der Waals surface area contributed by atoms with E-state index in [1.165, 1.54) is 11.0 Å². The minimum absolute atomic E-state index is 0. The molecule has 0 unspecified atom stereocenters. The van der Waals surface area contributed by atoms with Crippen molar-refractivity contribution in [3.05, 3.63) is 59.9 Å². The van der Waals surface area contributed by atoms with E-state index in [1.54, 1.807) is 6.07 Å². The van der Waals surface area contributed by atoms with Crippen LogP contribution in [0, 0.1) is 12.7 Å². The summed E-state index contributed by atoms with van der Waals surface area (Å²) >= 11 is 0. The molecule has 2 aromatic rings. The van der Waals surface area contributed by atoms with Crippen molar-refractivity contribution < 1.29 is 26.5 Å². The summed E-state index contributed by atoms with van der Waals surface area (Å²) in [7, 11) is 0. The van der Waals surface area contributed by atoms with E-state index in [0.29, 0.717) is 12.1 Å². The molecule has 0 aromatic heterocycles. The fourth-order valence-electron chi connectivity index (χ4n) is 3.26. The van der Waals surface area contributed by atoms with E-state index < -0.39 is 0 Å². The summed E-state index contributed by atoms with van der Waals surface area (Å²) in [6, 6.07) is 14.7. The number of quaternary nitrogens is 1. The van der Waals surface area contributed by atoms with Gasteiger partial charge >= 0.3 is 0 Å². The van der Waals surface area contributed by atoms with Crippen molar-refractivity contribution in [3.8, 4) is 0 Å². The lowest BCUT2D eigenvalue weighted by molar-refractivity contribution is -0.900. The monoisotopic (exact) mass is 377 g/mol. The Morgan fingerprint density at radius 2 is 1.88 bits per heavy atom. The number of nitrogens with one attached hydrogen (secondary N) is 2. The fourth-order valence-corrected chi connectivity index (χ4v) is 3.26. The van der Waals surface area contributed by atoms with Gasteiger partial charge in [0.2, 0.25) is 5.91 Å². The molecule has 0 bridgehead atoms. The molecule has 1 heterocycles. The third-order valence-corrected chi connectivity index (χ3v) is 4.67. The predicted octanol–water partition coefficient (Wildman–Crippen LogP) is -1.13. The molecular formula is C20H25ClFN3O. The number of hydrogen-bond acceptors (Lipinski definition) is 2. The SMILES string of the molecule is Cc1cccc(NC(=O)CC[NH+]2CCN(c3ccccc3F)CC2)c1.[Cl-]. The zero-order chi connectivity index (χ0) is 17.6. The Hall–Kier alpha value is -2.11. The maximum absolute atomic E-state index is 13.9.